The van der Waals surface area contributed by atoms with Crippen LogP contribution in [0.1, 0.15) is 38.4 Å². The average Bonchev–Trinajstić information content (AvgIpc) is 2.45. The van der Waals surface area contributed by atoms with Gasteiger partial charge in [0.15, 0.2) is 0 Å². The molecule has 0 spiro atoms. The van der Waals surface area contributed by atoms with E-state index in [9.17, 15) is 0 Å². The number of hydrogen-bond acceptors (Lipinski definition) is 6. The summed E-state index contributed by atoms with van der Waals surface area (Å²) in [4.78, 5) is 11.3. The number of nitrogens with zero attached hydrogens (tertiary/aromatic N) is 3. The van der Waals surface area contributed by atoms with Crippen LogP contribution in [0.5, 0.6) is 0 Å². The van der Waals surface area contributed by atoms with E-state index < -0.39 is 0 Å². The fourth-order valence-electron chi connectivity index (χ4n) is 2.58. The van der Waals surface area contributed by atoms with Gasteiger partial charge < -0.3 is 15.6 Å². The van der Waals surface area contributed by atoms with E-state index in [4.69, 9.17) is 5.84 Å². The minimum absolute atomic E-state index is 0.282. The lowest BCUT2D eigenvalue weighted by atomic mass is 9.98. The van der Waals surface area contributed by atoms with Gasteiger partial charge in [0, 0.05) is 25.1 Å². The first-order chi connectivity index (χ1) is 9.58. The number of aromatic nitrogens is 2. The normalized spacial score (nSPS) is 20.1. The van der Waals surface area contributed by atoms with E-state index in [1.54, 1.807) is 0 Å². The summed E-state index contributed by atoms with van der Waals surface area (Å²) in [6.07, 6.45) is 2.56. The average molecular weight is 278 g/mol. The van der Waals surface area contributed by atoms with Crippen LogP contribution < -0.4 is 16.6 Å². The summed E-state index contributed by atoms with van der Waals surface area (Å²) in [5.41, 5.74) is 2.61. The standard InChI is InChI=1S/C14H26N6/c1-10(2)14-17-12(7-13(18-14)19-15)16-8-11-5-4-6-20(3)9-11/h7,10-11H,4-6,8-9,15H2,1-3H3,(H2,16,17,18,19). The van der Waals surface area contributed by atoms with Gasteiger partial charge in [0.2, 0.25) is 0 Å². The molecule has 0 aliphatic carbocycles. The minimum atomic E-state index is 0.282. The van der Waals surface area contributed by atoms with Gasteiger partial charge >= 0.3 is 0 Å². The maximum Gasteiger partial charge on any atom is 0.145 e. The van der Waals surface area contributed by atoms with E-state index in [-0.39, 0.29) is 5.92 Å². The van der Waals surface area contributed by atoms with Crippen LogP contribution in [0.15, 0.2) is 6.07 Å². The van der Waals surface area contributed by atoms with E-state index in [0.717, 1.165) is 24.7 Å². The summed E-state index contributed by atoms with van der Waals surface area (Å²) in [5.74, 6) is 8.75. The zero-order valence-electron chi connectivity index (χ0n) is 12.7. The second kappa shape index (κ2) is 6.85. The molecule has 0 amide bonds. The van der Waals surface area contributed by atoms with Crippen molar-refractivity contribution in [1.82, 2.24) is 14.9 Å². The first kappa shape index (κ1) is 15.0. The Balaban J connectivity index is 1.99. The van der Waals surface area contributed by atoms with Crippen LogP contribution in [0.25, 0.3) is 0 Å². The molecule has 1 aliphatic rings. The molecule has 1 aromatic heterocycles. The Labute approximate surface area is 121 Å². The maximum absolute atomic E-state index is 5.47. The Bertz CT molecular complexity index is 434. The van der Waals surface area contributed by atoms with Crippen molar-refractivity contribution in [1.29, 1.82) is 0 Å². The highest BCUT2D eigenvalue weighted by molar-refractivity contribution is 5.47. The molecule has 1 aliphatic heterocycles. The van der Waals surface area contributed by atoms with Crippen LogP contribution in [0.3, 0.4) is 0 Å². The van der Waals surface area contributed by atoms with Crippen LogP contribution in [-0.4, -0.2) is 41.5 Å². The molecule has 0 saturated carbocycles. The van der Waals surface area contributed by atoms with Crippen molar-refractivity contribution in [3.8, 4) is 0 Å². The molecule has 4 N–H and O–H groups in total. The number of rotatable bonds is 5. The molecular weight excluding hydrogens is 252 g/mol. The van der Waals surface area contributed by atoms with Crippen molar-refractivity contribution < 1.29 is 0 Å². The number of anilines is 2. The van der Waals surface area contributed by atoms with Crippen molar-refractivity contribution in [3.63, 3.8) is 0 Å². The van der Waals surface area contributed by atoms with Gasteiger partial charge in [-0.1, -0.05) is 13.8 Å². The third-order valence-corrected chi connectivity index (χ3v) is 3.70. The fourth-order valence-corrected chi connectivity index (χ4v) is 2.58. The monoisotopic (exact) mass is 278 g/mol. The summed E-state index contributed by atoms with van der Waals surface area (Å²) in [6, 6.07) is 1.86. The molecule has 6 heteroatoms. The number of nitrogen functional groups attached to an aromatic ring is 1. The van der Waals surface area contributed by atoms with Gasteiger partial charge in [0.1, 0.15) is 17.5 Å². The lowest BCUT2D eigenvalue weighted by Crippen LogP contribution is -2.35. The molecular formula is C14H26N6. The molecule has 0 bridgehead atoms. The molecule has 0 radical (unpaired) electrons. The first-order valence-corrected chi connectivity index (χ1v) is 7.36. The molecule has 2 rings (SSSR count). The van der Waals surface area contributed by atoms with Gasteiger partial charge in [-0.25, -0.2) is 15.8 Å². The zero-order valence-corrected chi connectivity index (χ0v) is 12.7. The van der Waals surface area contributed by atoms with Crippen LogP contribution in [-0.2, 0) is 0 Å². The first-order valence-electron chi connectivity index (χ1n) is 7.36. The van der Waals surface area contributed by atoms with E-state index in [0.29, 0.717) is 11.7 Å². The Hall–Kier alpha value is -1.40. The largest absolute Gasteiger partial charge is 0.370 e. The summed E-state index contributed by atoms with van der Waals surface area (Å²) >= 11 is 0. The minimum Gasteiger partial charge on any atom is -0.370 e. The second-order valence-corrected chi connectivity index (χ2v) is 5.95. The second-order valence-electron chi connectivity index (χ2n) is 5.95. The topological polar surface area (TPSA) is 79.1 Å². The van der Waals surface area contributed by atoms with E-state index in [2.05, 4.69) is 46.5 Å². The Morgan fingerprint density at radius 1 is 1.40 bits per heavy atom. The Kier molecular flexibility index (Phi) is 5.14. The van der Waals surface area contributed by atoms with Gasteiger partial charge in [-0.2, -0.15) is 0 Å². The van der Waals surface area contributed by atoms with Gasteiger partial charge in [-0.15, -0.1) is 0 Å². The zero-order chi connectivity index (χ0) is 14.5. The smallest absolute Gasteiger partial charge is 0.145 e. The lowest BCUT2D eigenvalue weighted by Gasteiger charge is -2.29. The maximum atomic E-state index is 5.47. The van der Waals surface area contributed by atoms with E-state index >= 15 is 0 Å². The predicted molar refractivity (Wildman–Crippen MR) is 82.6 cm³/mol. The van der Waals surface area contributed by atoms with Crippen molar-refractivity contribution in [3.05, 3.63) is 11.9 Å². The number of nitrogens with two attached hydrogens (primary N) is 1. The van der Waals surface area contributed by atoms with Crippen molar-refractivity contribution in [2.75, 3.05) is 37.4 Å². The molecule has 1 fully saturated rings. The quantitative estimate of drug-likeness (QED) is 0.561. The van der Waals surface area contributed by atoms with Gasteiger partial charge in [0.05, 0.1) is 0 Å². The summed E-state index contributed by atoms with van der Waals surface area (Å²) in [7, 11) is 2.18. The molecule has 1 saturated heterocycles. The highest BCUT2D eigenvalue weighted by Crippen LogP contribution is 2.19. The van der Waals surface area contributed by atoms with E-state index in [1.807, 2.05) is 6.07 Å². The van der Waals surface area contributed by atoms with Crippen LogP contribution >= 0.6 is 0 Å². The van der Waals surface area contributed by atoms with Gasteiger partial charge in [-0.05, 0) is 32.4 Å². The molecule has 1 atom stereocenters. The lowest BCUT2D eigenvalue weighted by molar-refractivity contribution is 0.217. The third-order valence-electron chi connectivity index (χ3n) is 3.70. The molecule has 6 nitrogen and oxygen atoms in total. The number of hydrazine groups is 1. The number of hydrogen-bond donors (Lipinski definition) is 3. The Morgan fingerprint density at radius 2 is 2.15 bits per heavy atom. The molecule has 0 aromatic carbocycles. The molecule has 20 heavy (non-hydrogen) atoms. The number of nitrogens with one attached hydrogen (secondary N) is 2. The molecule has 1 unspecified atom stereocenters. The molecule has 2 heterocycles. The summed E-state index contributed by atoms with van der Waals surface area (Å²) in [6.45, 7) is 7.47. The molecule has 112 valence electrons. The van der Waals surface area contributed by atoms with Crippen LogP contribution in [0, 0.1) is 5.92 Å². The van der Waals surface area contributed by atoms with Crippen molar-refractivity contribution in [2.45, 2.75) is 32.6 Å². The van der Waals surface area contributed by atoms with Crippen LogP contribution in [0.2, 0.25) is 0 Å². The van der Waals surface area contributed by atoms with Crippen molar-refractivity contribution >= 4 is 11.6 Å². The Morgan fingerprint density at radius 3 is 2.80 bits per heavy atom. The van der Waals surface area contributed by atoms with E-state index in [1.165, 1.54) is 19.4 Å². The van der Waals surface area contributed by atoms with Gasteiger partial charge in [0.25, 0.3) is 0 Å². The fraction of sp³-hybridized carbons (Fsp3) is 0.714. The van der Waals surface area contributed by atoms with Gasteiger partial charge in [-0.3, -0.25) is 0 Å². The SMILES string of the molecule is CC(C)c1nc(NN)cc(NCC2CCCN(C)C2)n1. The van der Waals surface area contributed by atoms with Crippen molar-refractivity contribution in [2.24, 2.45) is 11.8 Å². The number of likely N-dealkylation sites (tertiary alicyclic amines) is 1. The molecule has 1 aromatic rings. The summed E-state index contributed by atoms with van der Waals surface area (Å²) in [5, 5.41) is 3.43. The highest BCUT2D eigenvalue weighted by atomic mass is 15.3. The third kappa shape index (κ3) is 4.05. The summed E-state index contributed by atoms with van der Waals surface area (Å²) < 4.78 is 0. The number of piperidine rings is 1. The highest BCUT2D eigenvalue weighted by Gasteiger charge is 2.17. The van der Waals surface area contributed by atoms with Crippen LogP contribution in [0.4, 0.5) is 11.6 Å². The predicted octanol–water partition coefficient (Wildman–Crippen LogP) is 1.64.